The monoisotopic (exact) mass is 722 g/mol. The number of aromatic nitrogens is 3. The fraction of sp³-hybridized carbons (Fsp3) is 0.441. The number of imidazole rings is 1. The largest absolute Gasteiger partial charge is 0.456 e. The molecule has 3 aliphatic rings. The molecule has 3 fully saturated rings. The number of nitrogens with zero attached hydrogens (tertiary/aromatic N) is 6. The van der Waals surface area contributed by atoms with Gasteiger partial charge in [-0.05, 0) is 41.8 Å². The second-order valence-corrected chi connectivity index (χ2v) is 22.0. The zero-order chi connectivity index (χ0) is 34.3. The second kappa shape index (κ2) is 13.6. The Hall–Kier alpha value is -3.55. The molecule has 1 unspecified atom stereocenters. The van der Waals surface area contributed by atoms with Gasteiger partial charge in [0.25, 0.3) is 0 Å². The van der Waals surface area contributed by atoms with E-state index in [9.17, 15) is 9.32 Å². The number of aliphatic hydroxyl groups is 1. The number of rotatable bonds is 10. The van der Waals surface area contributed by atoms with Crippen LogP contribution in [0.3, 0.4) is 0 Å². The molecule has 258 valence electrons. The molecule has 7 rings (SSSR count). The Kier molecular flexibility index (Phi) is 9.44. The van der Waals surface area contributed by atoms with Gasteiger partial charge in [0.2, 0.25) is 6.19 Å². The van der Waals surface area contributed by atoms with Crippen molar-refractivity contribution in [2.24, 2.45) is 4.36 Å². The average molecular weight is 723 g/mol. The van der Waals surface area contributed by atoms with E-state index in [1.807, 2.05) is 53.1 Å². The second-order valence-electron chi connectivity index (χ2n) is 13.7. The first-order chi connectivity index (χ1) is 23.5. The van der Waals surface area contributed by atoms with Crippen LogP contribution in [0, 0.1) is 11.5 Å². The van der Waals surface area contributed by atoms with Crippen LogP contribution in [0.25, 0.3) is 33.5 Å². The van der Waals surface area contributed by atoms with E-state index in [1.54, 1.807) is 16.6 Å². The number of ether oxygens (including phenoxy) is 4. The lowest BCUT2D eigenvalue weighted by Crippen LogP contribution is -2.35. The molecule has 49 heavy (non-hydrogen) atoms. The number of nitriles is 1. The van der Waals surface area contributed by atoms with E-state index in [0.29, 0.717) is 46.8 Å². The molecule has 0 bridgehead atoms. The van der Waals surface area contributed by atoms with Crippen molar-refractivity contribution in [1.82, 2.24) is 14.5 Å². The smallest absolute Gasteiger partial charge is 0.301 e. The first-order valence-corrected chi connectivity index (χ1v) is 22.1. The summed E-state index contributed by atoms with van der Waals surface area (Å²) in [7, 11) is -4.02. The zero-order valence-electron chi connectivity index (χ0n) is 27.6. The molecule has 3 saturated heterocycles. The number of benzene rings is 2. The van der Waals surface area contributed by atoms with E-state index in [0.717, 1.165) is 34.8 Å². The first kappa shape index (κ1) is 33.9. The molecule has 2 aromatic heterocycles. The van der Waals surface area contributed by atoms with E-state index >= 15 is 0 Å². The summed E-state index contributed by atoms with van der Waals surface area (Å²) in [4.78, 5) is 9.73. The summed E-state index contributed by atoms with van der Waals surface area (Å²) in [5, 5.41) is 19.7. The maximum atomic E-state index is 13.1. The third-order valence-corrected chi connectivity index (χ3v) is 13.3. The van der Waals surface area contributed by atoms with Crippen LogP contribution in [0.4, 0.5) is 5.69 Å². The van der Waals surface area contributed by atoms with Crippen LogP contribution in [-0.2, 0) is 30.9 Å². The standard InChI is InChI=1S/C34H39ClN6O6SSi/c1-49(2,3)16-14-44-21-40-33-27(38-34(40)47-29-19-46-31-28(42)18-45-32(29)31)17-26(35)30(39-33)24-7-5-22(6-8-24)23-9-11-25(12-10-23)41-13-4-15-48(41,43)37-20-36/h5-12,17,28-29,31-32,42H,4,13-16,18-19,21H2,1-3H3/t28-,29-,31-,32-,48?/m1/s1. The van der Waals surface area contributed by atoms with E-state index in [4.69, 9.17) is 45.8 Å². The van der Waals surface area contributed by atoms with Crippen molar-refractivity contribution < 1.29 is 28.3 Å². The van der Waals surface area contributed by atoms with Gasteiger partial charge in [0.15, 0.2) is 11.8 Å². The Morgan fingerprint density at radius 1 is 1.06 bits per heavy atom. The molecule has 1 N–H and O–H groups in total. The van der Waals surface area contributed by atoms with Crippen molar-refractivity contribution >= 4 is 46.4 Å². The number of pyridine rings is 1. The summed E-state index contributed by atoms with van der Waals surface area (Å²) in [6.45, 7) is 8.80. The molecular formula is C34H39ClN6O6SSi. The number of hydrogen-bond donors (Lipinski definition) is 1. The van der Waals surface area contributed by atoms with Crippen molar-refractivity contribution in [3.8, 4) is 34.6 Å². The maximum Gasteiger partial charge on any atom is 0.301 e. The van der Waals surface area contributed by atoms with E-state index in [2.05, 4.69) is 24.0 Å². The van der Waals surface area contributed by atoms with Crippen molar-refractivity contribution in [2.75, 3.05) is 36.4 Å². The van der Waals surface area contributed by atoms with Gasteiger partial charge in [0.1, 0.15) is 40.5 Å². The molecular weight excluding hydrogens is 684 g/mol. The highest BCUT2D eigenvalue weighted by Gasteiger charge is 2.49. The van der Waals surface area contributed by atoms with Crippen LogP contribution in [0.2, 0.25) is 30.7 Å². The molecule has 12 nitrogen and oxygen atoms in total. The van der Waals surface area contributed by atoms with Crippen LogP contribution in [0.1, 0.15) is 6.42 Å². The lowest BCUT2D eigenvalue weighted by Gasteiger charge is -2.20. The lowest BCUT2D eigenvalue weighted by atomic mass is 10.0. The summed E-state index contributed by atoms with van der Waals surface area (Å²) < 4.78 is 44.4. The predicted octanol–water partition coefficient (Wildman–Crippen LogP) is 5.71. The number of hydrogen-bond acceptors (Lipinski definition) is 10. The number of aliphatic hydroxyl groups excluding tert-OH is 1. The maximum absolute atomic E-state index is 13.1. The van der Waals surface area contributed by atoms with Gasteiger partial charge < -0.3 is 24.1 Å². The van der Waals surface area contributed by atoms with Crippen LogP contribution >= 0.6 is 11.6 Å². The molecule has 2 aromatic carbocycles. The minimum Gasteiger partial charge on any atom is -0.456 e. The highest BCUT2D eigenvalue weighted by Crippen LogP contribution is 2.35. The zero-order valence-corrected chi connectivity index (χ0v) is 30.2. The minimum absolute atomic E-state index is 0.196. The summed E-state index contributed by atoms with van der Waals surface area (Å²) in [6, 6.07) is 18.9. The molecule has 0 saturated carbocycles. The van der Waals surface area contributed by atoms with E-state index < -0.39 is 42.4 Å². The lowest BCUT2D eigenvalue weighted by molar-refractivity contribution is 0.00336. The van der Waals surface area contributed by atoms with Gasteiger partial charge >= 0.3 is 6.01 Å². The third-order valence-electron chi connectivity index (χ3n) is 9.04. The number of anilines is 1. The molecule has 0 radical (unpaired) electrons. The van der Waals surface area contributed by atoms with Gasteiger partial charge in [-0.15, -0.1) is 4.36 Å². The fourth-order valence-electron chi connectivity index (χ4n) is 6.37. The average Bonchev–Trinajstić information content (AvgIpc) is 3.84. The summed E-state index contributed by atoms with van der Waals surface area (Å²) in [5.74, 6) is 0.392. The highest BCUT2D eigenvalue weighted by atomic mass is 35.5. The number of halogens is 1. The molecule has 4 aromatic rings. The third kappa shape index (κ3) is 6.94. The Bertz CT molecular complexity index is 2000. The topological polar surface area (TPSA) is 144 Å². The fourth-order valence-corrected chi connectivity index (χ4v) is 9.29. The Morgan fingerprint density at radius 2 is 1.76 bits per heavy atom. The number of fused-ring (bicyclic) bond motifs is 2. The van der Waals surface area contributed by atoms with Gasteiger partial charge in [-0.25, -0.2) is 9.19 Å². The Balaban J connectivity index is 1.15. The molecule has 15 heteroatoms. The summed E-state index contributed by atoms with van der Waals surface area (Å²) in [5.41, 5.74) is 5.33. The van der Waals surface area contributed by atoms with Gasteiger partial charge in [-0.3, -0.25) is 8.87 Å². The molecule has 5 heterocycles. The van der Waals surface area contributed by atoms with Crippen molar-refractivity contribution in [3.63, 3.8) is 0 Å². The van der Waals surface area contributed by atoms with Crippen LogP contribution in [0.15, 0.2) is 59.0 Å². The van der Waals surface area contributed by atoms with Gasteiger partial charge in [0.05, 0.1) is 35.4 Å². The summed E-state index contributed by atoms with van der Waals surface area (Å²) >= 11 is 6.81. The molecule has 3 aliphatic heterocycles. The van der Waals surface area contributed by atoms with Gasteiger partial charge in [-0.1, -0.05) is 67.6 Å². The first-order valence-electron chi connectivity index (χ1n) is 16.4. The van der Waals surface area contributed by atoms with E-state index in [-0.39, 0.29) is 19.9 Å². The van der Waals surface area contributed by atoms with Crippen LogP contribution in [0.5, 0.6) is 6.01 Å². The van der Waals surface area contributed by atoms with Crippen molar-refractivity contribution in [3.05, 3.63) is 59.6 Å². The minimum atomic E-state index is -2.72. The van der Waals surface area contributed by atoms with Crippen molar-refractivity contribution in [1.29, 1.82) is 5.26 Å². The van der Waals surface area contributed by atoms with E-state index in [1.165, 1.54) is 0 Å². The van der Waals surface area contributed by atoms with Gasteiger partial charge in [-0.2, -0.15) is 10.2 Å². The molecule has 0 aliphatic carbocycles. The SMILES string of the molecule is C[Si](C)(C)CCOCn1c(O[C@@H]2CO[C@H]3[C@@H]2OC[C@H]3O)nc2cc(Cl)c(-c3ccc(-c4ccc(N5CCCS5(=O)=NC#N)cc4)cc3)nc21. The van der Waals surface area contributed by atoms with Crippen molar-refractivity contribution in [2.45, 2.75) is 63.3 Å². The molecule has 0 spiro atoms. The summed E-state index contributed by atoms with van der Waals surface area (Å²) in [6.07, 6.45) is 0.512. The van der Waals surface area contributed by atoms with Crippen LogP contribution < -0.4 is 9.04 Å². The Labute approximate surface area is 291 Å². The van der Waals surface area contributed by atoms with Crippen LogP contribution in [-0.4, -0.2) is 88.5 Å². The highest BCUT2D eigenvalue weighted by molar-refractivity contribution is 7.95. The quantitative estimate of drug-likeness (QED) is 0.124. The predicted molar refractivity (Wildman–Crippen MR) is 190 cm³/mol. The van der Waals surface area contributed by atoms with Gasteiger partial charge in [0, 0.05) is 26.8 Å². The Morgan fingerprint density at radius 3 is 2.47 bits per heavy atom. The molecule has 5 atom stereocenters. The molecule has 0 amide bonds. The normalized spacial score (nSPS) is 25.1.